The summed E-state index contributed by atoms with van der Waals surface area (Å²) in [5.74, 6) is -3.38. The number of hydrogen-bond donors (Lipinski definition) is 3. The van der Waals surface area contributed by atoms with Crippen LogP contribution < -0.4 is 0 Å². The van der Waals surface area contributed by atoms with Gasteiger partial charge in [0.25, 0.3) is 0 Å². The second-order valence-electron chi connectivity index (χ2n) is 5.99. The van der Waals surface area contributed by atoms with Gasteiger partial charge >= 0.3 is 17.9 Å². The topological polar surface area (TPSA) is 124 Å². The molecule has 2 aliphatic rings. The molecule has 8 heteroatoms. The van der Waals surface area contributed by atoms with Gasteiger partial charge in [0.1, 0.15) is 0 Å². The third-order valence-electron chi connectivity index (χ3n) is 4.05. The lowest BCUT2D eigenvalue weighted by Gasteiger charge is -2.37. The van der Waals surface area contributed by atoms with Gasteiger partial charge in [0, 0.05) is 37.7 Å². The van der Waals surface area contributed by atoms with Gasteiger partial charge in [-0.3, -0.25) is 0 Å². The first kappa shape index (κ1) is 19.9. The standard InChI is InChI=1S/C12H19NO3.C4H4O4/c1-9-10(7-11(14)15)8-12(16-9)3-5-13(2)6-4-12;5-3(6)1-2-4(7)8/h7,9H,3-6,8H2,1-2H3,(H,14,15);1-2H,(H,5,6)(H,7,8)/b10-7-;2-1-. The quantitative estimate of drug-likeness (QED) is 0.649. The highest BCUT2D eigenvalue weighted by Crippen LogP contribution is 2.41. The highest BCUT2D eigenvalue weighted by Gasteiger charge is 2.43. The molecule has 2 aliphatic heterocycles. The average molecular weight is 341 g/mol. The highest BCUT2D eigenvalue weighted by atomic mass is 16.5. The van der Waals surface area contributed by atoms with Crippen LogP contribution >= 0.6 is 0 Å². The normalized spacial score (nSPS) is 24.8. The first-order valence-corrected chi connectivity index (χ1v) is 7.57. The minimum Gasteiger partial charge on any atom is -0.478 e. The Hall–Kier alpha value is -2.19. The summed E-state index contributed by atoms with van der Waals surface area (Å²) in [5, 5.41) is 24.4. The Balaban J connectivity index is 0.000000307. The van der Waals surface area contributed by atoms with E-state index in [9.17, 15) is 14.4 Å². The molecule has 2 heterocycles. The number of nitrogens with zero attached hydrogens (tertiary/aromatic N) is 1. The van der Waals surface area contributed by atoms with Gasteiger partial charge in [0.15, 0.2) is 0 Å². The maximum atomic E-state index is 10.7. The van der Waals surface area contributed by atoms with Gasteiger partial charge in [-0.05, 0) is 32.4 Å². The molecule has 0 radical (unpaired) electrons. The molecule has 3 N–H and O–H groups in total. The van der Waals surface area contributed by atoms with Crippen molar-refractivity contribution >= 4 is 17.9 Å². The number of hydrogen-bond acceptors (Lipinski definition) is 5. The fourth-order valence-electron chi connectivity index (χ4n) is 2.80. The Morgan fingerprint density at radius 3 is 2.00 bits per heavy atom. The lowest BCUT2D eigenvalue weighted by atomic mass is 9.87. The Morgan fingerprint density at radius 2 is 1.58 bits per heavy atom. The summed E-state index contributed by atoms with van der Waals surface area (Å²) >= 11 is 0. The number of likely N-dealkylation sites (tertiary alicyclic amines) is 1. The van der Waals surface area contributed by atoms with E-state index in [-0.39, 0.29) is 11.7 Å². The number of carbonyl (C=O) groups is 3. The van der Waals surface area contributed by atoms with E-state index >= 15 is 0 Å². The molecule has 24 heavy (non-hydrogen) atoms. The minimum atomic E-state index is -1.26. The van der Waals surface area contributed by atoms with Crippen LogP contribution in [-0.2, 0) is 19.1 Å². The van der Waals surface area contributed by atoms with Gasteiger partial charge in [-0.2, -0.15) is 0 Å². The second-order valence-corrected chi connectivity index (χ2v) is 5.99. The van der Waals surface area contributed by atoms with E-state index in [1.54, 1.807) is 0 Å². The van der Waals surface area contributed by atoms with Crippen LogP contribution in [0.3, 0.4) is 0 Å². The first-order valence-electron chi connectivity index (χ1n) is 7.57. The van der Waals surface area contributed by atoms with Crippen molar-refractivity contribution < 1.29 is 34.4 Å². The Morgan fingerprint density at radius 1 is 1.08 bits per heavy atom. The molecule has 0 aromatic rings. The summed E-state index contributed by atoms with van der Waals surface area (Å²) < 4.78 is 5.99. The summed E-state index contributed by atoms with van der Waals surface area (Å²) in [4.78, 5) is 32.1. The fraction of sp³-hybridized carbons (Fsp3) is 0.562. The van der Waals surface area contributed by atoms with E-state index < -0.39 is 17.9 Å². The van der Waals surface area contributed by atoms with Gasteiger partial charge < -0.3 is 25.0 Å². The molecule has 0 aromatic carbocycles. The molecule has 8 nitrogen and oxygen atoms in total. The van der Waals surface area contributed by atoms with Crippen LogP contribution in [0.5, 0.6) is 0 Å². The molecule has 2 saturated heterocycles. The number of carboxylic acids is 3. The summed E-state index contributed by atoms with van der Waals surface area (Å²) in [6.45, 7) is 4.02. The molecule has 2 rings (SSSR count). The van der Waals surface area contributed by atoms with Crippen LogP contribution in [0, 0.1) is 0 Å². The SMILES string of the molecule is CC1OC2(CCN(C)CC2)C/C1=C/C(=O)O.O=C(O)/C=C\C(=O)O. The summed E-state index contributed by atoms with van der Waals surface area (Å²) in [5.41, 5.74) is 0.838. The van der Waals surface area contributed by atoms with Gasteiger partial charge in [-0.25, -0.2) is 14.4 Å². The Labute approximate surface area is 140 Å². The monoisotopic (exact) mass is 341 g/mol. The summed E-state index contributed by atoms with van der Waals surface area (Å²) in [6.07, 6.45) is 5.19. The zero-order valence-corrected chi connectivity index (χ0v) is 13.8. The van der Waals surface area contributed by atoms with Crippen LogP contribution in [-0.4, -0.2) is 70.0 Å². The van der Waals surface area contributed by atoms with Crippen molar-refractivity contribution in [1.29, 1.82) is 0 Å². The van der Waals surface area contributed by atoms with Crippen LogP contribution in [0.1, 0.15) is 26.2 Å². The second kappa shape index (κ2) is 8.60. The van der Waals surface area contributed by atoms with Crippen LogP contribution in [0.15, 0.2) is 23.8 Å². The molecular weight excluding hydrogens is 318 g/mol. The van der Waals surface area contributed by atoms with Crippen molar-refractivity contribution in [3.05, 3.63) is 23.8 Å². The summed E-state index contributed by atoms with van der Waals surface area (Å²) in [6, 6.07) is 0. The van der Waals surface area contributed by atoms with E-state index in [1.165, 1.54) is 6.08 Å². The maximum Gasteiger partial charge on any atom is 0.328 e. The number of ether oxygens (including phenoxy) is 1. The van der Waals surface area contributed by atoms with E-state index in [0.29, 0.717) is 12.2 Å². The molecule has 1 atom stereocenters. The predicted molar refractivity (Wildman–Crippen MR) is 84.8 cm³/mol. The maximum absolute atomic E-state index is 10.7. The Bertz CT molecular complexity index is 529. The van der Waals surface area contributed by atoms with E-state index in [2.05, 4.69) is 11.9 Å². The average Bonchev–Trinajstić information content (AvgIpc) is 2.76. The molecule has 0 aliphatic carbocycles. The number of aliphatic carboxylic acids is 3. The number of carboxylic acid groups (broad SMARTS) is 3. The van der Waals surface area contributed by atoms with Gasteiger partial charge in [0.05, 0.1) is 11.7 Å². The lowest BCUT2D eigenvalue weighted by molar-refractivity contribution is -0.134. The Kier molecular flexibility index (Phi) is 7.12. The largest absolute Gasteiger partial charge is 0.478 e. The third-order valence-corrected chi connectivity index (χ3v) is 4.05. The van der Waals surface area contributed by atoms with E-state index in [4.69, 9.17) is 20.1 Å². The van der Waals surface area contributed by atoms with E-state index in [0.717, 1.165) is 37.9 Å². The lowest BCUT2D eigenvalue weighted by Crippen LogP contribution is -2.42. The molecule has 1 unspecified atom stereocenters. The predicted octanol–water partition coefficient (Wildman–Crippen LogP) is 0.982. The molecule has 0 saturated carbocycles. The molecule has 0 bridgehead atoms. The van der Waals surface area contributed by atoms with Crippen molar-refractivity contribution in [2.24, 2.45) is 0 Å². The zero-order chi connectivity index (χ0) is 18.3. The van der Waals surface area contributed by atoms with Crippen molar-refractivity contribution in [3.63, 3.8) is 0 Å². The molecule has 0 aromatic heterocycles. The zero-order valence-electron chi connectivity index (χ0n) is 13.8. The molecular formula is C16H23NO7. The van der Waals surface area contributed by atoms with Crippen molar-refractivity contribution in [3.8, 4) is 0 Å². The fourth-order valence-corrected chi connectivity index (χ4v) is 2.80. The van der Waals surface area contributed by atoms with E-state index in [1.807, 2.05) is 6.92 Å². The van der Waals surface area contributed by atoms with Gasteiger partial charge in [-0.1, -0.05) is 0 Å². The number of rotatable bonds is 3. The van der Waals surface area contributed by atoms with Crippen LogP contribution in [0.2, 0.25) is 0 Å². The third kappa shape index (κ3) is 6.51. The number of piperidine rings is 1. The van der Waals surface area contributed by atoms with Crippen molar-refractivity contribution in [2.45, 2.75) is 37.9 Å². The summed E-state index contributed by atoms with van der Waals surface area (Å²) in [7, 11) is 2.11. The van der Waals surface area contributed by atoms with Crippen LogP contribution in [0.25, 0.3) is 0 Å². The molecule has 2 fully saturated rings. The smallest absolute Gasteiger partial charge is 0.328 e. The van der Waals surface area contributed by atoms with Gasteiger partial charge in [-0.15, -0.1) is 0 Å². The van der Waals surface area contributed by atoms with Crippen molar-refractivity contribution in [2.75, 3.05) is 20.1 Å². The molecule has 0 amide bonds. The first-order chi connectivity index (χ1) is 11.1. The molecule has 1 spiro atoms. The highest BCUT2D eigenvalue weighted by molar-refractivity contribution is 5.89. The van der Waals surface area contributed by atoms with Gasteiger partial charge in [0.2, 0.25) is 0 Å². The minimum absolute atomic E-state index is 0.0421. The van der Waals surface area contributed by atoms with Crippen molar-refractivity contribution in [1.82, 2.24) is 4.90 Å². The van der Waals surface area contributed by atoms with Crippen LogP contribution in [0.4, 0.5) is 0 Å². The molecule has 134 valence electrons.